The lowest BCUT2D eigenvalue weighted by Gasteiger charge is -2.03. The molecule has 0 aromatic rings. The van der Waals surface area contributed by atoms with Crippen LogP contribution in [0.15, 0.2) is 0 Å². The topological polar surface area (TPSA) is 47.6 Å². The molecule has 0 bridgehead atoms. The van der Waals surface area contributed by atoms with Crippen LogP contribution < -0.4 is 5.32 Å². The van der Waals surface area contributed by atoms with Gasteiger partial charge in [0.25, 0.3) is 0 Å². The molecule has 0 rings (SSSR count). The quantitative estimate of drug-likeness (QED) is 0.445. The minimum Gasteiger partial charge on any atom is -0.322 e. The molecule has 0 saturated heterocycles. The molecule has 4 heteroatoms. The van der Waals surface area contributed by atoms with Crippen molar-refractivity contribution in [1.82, 2.24) is 5.32 Å². The average molecular weight is 133 g/mol. The summed E-state index contributed by atoms with van der Waals surface area (Å²) in [6.07, 6.45) is -0.675. The van der Waals surface area contributed by atoms with Gasteiger partial charge in [-0.05, 0) is 13.8 Å². The molecule has 54 valence electrons. The zero-order valence-corrected chi connectivity index (χ0v) is 5.80. The molecule has 0 fully saturated rings. The van der Waals surface area contributed by atoms with Gasteiger partial charge in [-0.15, -0.1) is 0 Å². The van der Waals surface area contributed by atoms with E-state index in [1.165, 1.54) is 7.05 Å². The van der Waals surface area contributed by atoms with Crippen molar-refractivity contribution in [2.75, 3.05) is 7.05 Å². The fraction of sp³-hybridized carbons (Fsp3) is 0.800. The van der Waals surface area contributed by atoms with E-state index in [2.05, 4.69) is 15.1 Å². The van der Waals surface area contributed by atoms with Crippen LogP contribution in [0.3, 0.4) is 0 Å². The molecule has 0 radical (unpaired) electrons. The second kappa shape index (κ2) is 4.14. The number of rotatable bonds is 2. The molecule has 0 aliphatic carbocycles. The zero-order valence-electron chi connectivity index (χ0n) is 5.80. The first-order valence-electron chi connectivity index (χ1n) is 2.72. The van der Waals surface area contributed by atoms with Gasteiger partial charge in [0.15, 0.2) is 0 Å². The van der Waals surface area contributed by atoms with E-state index in [4.69, 9.17) is 0 Å². The molecule has 0 aliphatic heterocycles. The summed E-state index contributed by atoms with van der Waals surface area (Å²) in [5, 5.41) is 2.23. The summed E-state index contributed by atoms with van der Waals surface area (Å²) in [7, 11) is 1.46. The molecular weight excluding hydrogens is 122 g/mol. The SMILES string of the molecule is CNC(=O)OOC(C)C. The van der Waals surface area contributed by atoms with Crippen LogP contribution in [0.25, 0.3) is 0 Å². The van der Waals surface area contributed by atoms with Crippen molar-refractivity contribution in [3.63, 3.8) is 0 Å². The highest BCUT2D eigenvalue weighted by atomic mass is 17.2. The molecule has 0 spiro atoms. The molecule has 4 nitrogen and oxygen atoms in total. The Morgan fingerprint density at radius 2 is 2.11 bits per heavy atom. The van der Waals surface area contributed by atoms with E-state index in [0.29, 0.717) is 0 Å². The molecule has 0 aliphatic rings. The van der Waals surface area contributed by atoms with Crippen LogP contribution in [0.1, 0.15) is 13.8 Å². The lowest BCUT2D eigenvalue weighted by atomic mass is 10.5. The van der Waals surface area contributed by atoms with Gasteiger partial charge in [0.2, 0.25) is 0 Å². The largest absolute Gasteiger partial charge is 0.438 e. The monoisotopic (exact) mass is 133 g/mol. The van der Waals surface area contributed by atoms with Gasteiger partial charge in [-0.1, -0.05) is 0 Å². The number of carbonyl (C=O) groups is 1. The van der Waals surface area contributed by atoms with Gasteiger partial charge < -0.3 is 5.32 Å². The maximum absolute atomic E-state index is 10.3. The third-order valence-electron chi connectivity index (χ3n) is 0.520. The Labute approximate surface area is 54.1 Å². The Kier molecular flexibility index (Phi) is 3.79. The van der Waals surface area contributed by atoms with Crippen LogP contribution in [-0.4, -0.2) is 19.2 Å². The molecule has 0 aromatic carbocycles. The van der Waals surface area contributed by atoms with Gasteiger partial charge in [-0.25, -0.2) is 4.79 Å². The van der Waals surface area contributed by atoms with Gasteiger partial charge in [0.05, 0.1) is 6.10 Å². The molecule has 1 N–H and O–H groups in total. The van der Waals surface area contributed by atoms with Gasteiger partial charge >= 0.3 is 6.09 Å². The Morgan fingerprint density at radius 3 is 2.44 bits per heavy atom. The molecule has 0 heterocycles. The highest BCUT2D eigenvalue weighted by molar-refractivity contribution is 5.65. The standard InChI is InChI=1S/C5H11NO3/c1-4(2)8-9-5(7)6-3/h4H,1-3H3,(H,6,7). The van der Waals surface area contributed by atoms with Crippen LogP contribution in [0.4, 0.5) is 4.79 Å². The number of nitrogens with one attached hydrogen (secondary N) is 1. The van der Waals surface area contributed by atoms with Crippen molar-refractivity contribution in [3.05, 3.63) is 0 Å². The fourth-order valence-corrected chi connectivity index (χ4v) is 0.182. The van der Waals surface area contributed by atoms with Gasteiger partial charge in [-0.3, -0.25) is 4.89 Å². The molecule has 0 atom stereocenters. The predicted octanol–water partition coefficient (Wildman–Crippen LogP) is 0.682. The number of amides is 1. The van der Waals surface area contributed by atoms with Crippen molar-refractivity contribution in [3.8, 4) is 0 Å². The van der Waals surface area contributed by atoms with Gasteiger partial charge in [-0.2, -0.15) is 4.89 Å². The van der Waals surface area contributed by atoms with Crippen molar-refractivity contribution in [2.45, 2.75) is 20.0 Å². The van der Waals surface area contributed by atoms with Crippen molar-refractivity contribution >= 4 is 6.09 Å². The molecule has 0 unspecified atom stereocenters. The highest BCUT2D eigenvalue weighted by Gasteiger charge is 1.99. The minimum atomic E-state index is -0.580. The summed E-state index contributed by atoms with van der Waals surface area (Å²) < 4.78 is 0. The van der Waals surface area contributed by atoms with E-state index in [0.717, 1.165) is 0 Å². The lowest BCUT2D eigenvalue weighted by molar-refractivity contribution is -0.263. The van der Waals surface area contributed by atoms with E-state index in [1.54, 1.807) is 13.8 Å². The van der Waals surface area contributed by atoms with Crippen LogP contribution in [0.2, 0.25) is 0 Å². The molecule has 9 heavy (non-hydrogen) atoms. The first-order valence-corrected chi connectivity index (χ1v) is 2.72. The maximum atomic E-state index is 10.3. The smallest absolute Gasteiger partial charge is 0.322 e. The normalized spacial score (nSPS) is 9.33. The summed E-state index contributed by atoms with van der Waals surface area (Å²) in [5.41, 5.74) is 0. The third kappa shape index (κ3) is 5.10. The molecule has 0 aromatic heterocycles. The second-order valence-electron chi connectivity index (χ2n) is 1.77. The van der Waals surface area contributed by atoms with Crippen molar-refractivity contribution < 1.29 is 14.6 Å². The predicted molar refractivity (Wildman–Crippen MR) is 31.8 cm³/mol. The van der Waals surface area contributed by atoms with E-state index in [9.17, 15) is 4.79 Å². The Balaban J connectivity index is 3.17. The van der Waals surface area contributed by atoms with Crippen LogP contribution in [-0.2, 0) is 9.78 Å². The van der Waals surface area contributed by atoms with Crippen LogP contribution in [0, 0.1) is 0 Å². The maximum Gasteiger partial charge on any atom is 0.438 e. The van der Waals surface area contributed by atoms with Crippen molar-refractivity contribution in [2.24, 2.45) is 0 Å². The zero-order chi connectivity index (χ0) is 7.28. The van der Waals surface area contributed by atoms with E-state index < -0.39 is 6.09 Å². The number of hydrogen-bond acceptors (Lipinski definition) is 3. The Hall–Kier alpha value is -0.770. The lowest BCUT2D eigenvalue weighted by Crippen LogP contribution is -2.21. The summed E-state index contributed by atoms with van der Waals surface area (Å²) >= 11 is 0. The summed E-state index contributed by atoms with van der Waals surface area (Å²) in [6, 6.07) is 0. The van der Waals surface area contributed by atoms with Crippen molar-refractivity contribution in [1.29, 1.82) is 0 Å². The van der Waals surface area contributed by atoms with Gasteiger partial charge in [0.1, 0.15) is 0 Å². The molecular formula is C5H11NO3. The first kappa shape index (κ1) is 8.23. The summed E-state index contributed by atoms with van der Waals surface area (Å²) in [4.78, 5) is 18.9. The first-order chi connectivity index (χ1) is 4.16. The minimum absolute atomic E-state index is 0.0951. The number of carbonyl (C=O) groups excluding carboxylic acids is 1. The van der Waals surface area contributed by atoms with Crippen LogP contribution >= 0.6 is 0 Å². The highest BCUT2D eigenvalue weighted by Crippen LogP contribution is 1.88. The Bertz CT molecular complexity index is 92.2. The third-order valence-corrected chi connectivity index (χ3v) is 0.520. The Morgan fingerprint density at radius 1 is 1.56 bits per heavy atom. The van der Waals surface area contributed by atoms with Gasteiger partial charge in [0, 0.05) is 7.05 Å². The summed E-state index contributed by atoms with van der Waals surface area (Å²) in [6.45, 7) is 3.53. The fourth-order valence-electron chi connectivity index (χ4n) is 0.182. The van der Waals surface area contributed by atoms with E-state index in [1.807, 2.05) is 0 Å². The van der Waals surface area contributed by atoms with E-state index in [-0.39, 0.29) is 6.10 Å². The molecule has 0 saturated carbocycles. The van der Waals surface area contributed by atoms with Crippen LogP contribution in [0.5, 0.6) is 0 Å². The summed E-state index contributed by atoms with van der Waals surface area (Å²) in [5.74, 6) is 0. The number of hydrogen-bond donors (Lipinski definition) is 1. The average Bonchev–Trinajstić information content (AvgIpc) is 1.83. The second-order valence-corrected chi connectivity index (χ2v) is 1.77. The molecule has 1 amide bonds. The van der Waals surface area contributed by atoms with E-state index >= 15 is 0 Å².